The summed E-state index contributed by atoms with van der Waals surface area (Å²) in [6, 6.07) is 47.1. The molecule has 12 aromatic rings. The van der Waals surface area contributed by atoms with E-state index in [1.807, 2.05) is 45.0 Å². The van der Waals surface area contributed by atoms with Gasteiger partial charge < -0.3 is 36.6 Å². The molecular weight excluding hydrogens is 1210 g/mol. The topological polar surface area (TPSA) is 289 Å². The van der Waals surface area contributed by atoms with Gasteiger partial charge in [-0.15, -0.1) is 0 Å². The van der Waals surface area contributed by atoms with E-state index in [0.29, 0.717) is 49.1 Å². The lowest BCUT2D eigenvalue weighted by Crippen LogP contribution is -2.26. The Morgan fingerprint density at radius 3 is 1.28 bits per heavy atom. The van der Waals surface area contributed by atoms with Gasteiger partial charge in [-0.2, -0.15) is 13.7 Å². The maximum absolute atomic E-state index is 12.2. The molecule has 0 unspecified atom stereocenters. The molecular formula is C63H44ClN5O18S2. The first-order valence-electron chi connectivity index (χ1n) is 26.1. The molecule has 448 valence electrons. The Hall–Kier alpha value is -11.4. The van der Waals surface area contributed by atoms with E-state index in [1.165, 1.54) is 60.9 Å². The van der Waals surface area contributed by atoms with E-state index in [9.17, 15) is 48.5 Å². The molecule has 89 heavy (non-hydrogen) atoms. The highest BCUT2D eigenvalue weighted by molar-refractivity contribution is 7.80. The third kappa shape index (κ3) is 14.6. The zero-order valence-corrected chi connectivity index (χ0v) is 49.4. The molecule has 0 aliphatic heterocycles. The molecule has 8 aromatic carbocycles. The van der Waals surface area contributed by atoms with Crippen molar-refractivity contribution in [1.82, 2.24) is 18.3 Å². The summed E-state index contributed by atoms with van der Waals surface area (Å²) in [5, 5.41) is 11.3. The summed E-state index contributed by atoms with van der Waals surface area (Å²) in [5.41, 5.74) is 6.02. The van der Waals surface area contributed by atoms with Crippen molar-refractivity contribution >= 4 is 121 Å². The summed E-state index contributed by atoms with van der Waals surface area (Å²) >= 11 is 16.4. The SMILES string of the molecule is CC(=O)c1ccc2c(c1)oc(=O)n2C(=O)Oc1ccc(C)cc1.CC(=O)c1ccc2c(c1)oc(=S)n2C(=S)Oc1ccc(C)cc1.Cc1ccc(OC(=O)n2c(=O)oc3ccc(Cl)cc32)cc1.O=C(Oc1ccccc1)n1c(=O)oc2cc([N+](=O)[O-])ccc21. The van der Waals surface area contributed by atoms with Gasteiger partial charge in [-0.3, -0.25) is 19.7 Å². The van der Waals surface area contributed by atoms with Crippen LogP contribution in [0.3, 0.4) is 0 Å². The number of thiocarbonyl (C=S) groups is 1. The van der Waals surface area contributed by atoms with Crippen LogP contribution in [0.4, 0.5) is 20.1 Å². The lowest BCUT2D eigenvalue weighted by Gasteiger charge is -2.08. The maximum Gasteiger partial charge on any atom is 0.429 e. The minimum absolute atomic E-state index is 0.0424. The Labute approximate surface area is 515 Å². The van der Waals surface area contributed by atoms with E-state index in [0.717, 1.165) is 31.9 Å². The van der Waals surface area contributed by atoms with Crippen molar-refractivity contribution in [3.63, 3.8) is 0 Å². The van der Waals surface area contributed by atoms with Crippen molar-refractivity contribution in [2.75, 3.05) is 0 Å². The molecule has 0 amide bonds. The van der Waals surface area contributed by atoms with Gasteiger partial charge in [0.25, 0.3) is 15.7 Å². The predicted molar refractivity (Wildman–Crippen MR) is 331 cm³/mol. The lowest BCUT2D eigenvalue weighted by molar-refractivity contribution is -0.384. The number of hydrogen-bond acceptors (Lipinski definition) is 20. The molecule has 0 spiro atoms. The number of hydrogen-bond donors (Lipinski definition) is 0. The number of carbonyl (C=O) groups is 5. The molecule has 0 fully saturated rings. The fourth-order valence-corrected chi connectivity index (χ4v) is 8.94. The van der Waals surface area contributed by atoms with Crippen LogP contribution in [0.5, 0.6) is 23.0 Å². The number of non-ortho nitro benzene ring substituents is 1. The number of rotatable bonds is 7. The third-order valence-electron chi connectivity index (χ3n) is 12.6. The van der Waals surface area contributed by atoms with Gasteiger partial charge in [-0.25, -0.2) is 33.3 Å². The number of benzene rings is 8. The molecule has 0 saturated carbocycles. The third-order valence-corrected chi connectivity index (χ3v) is 13.4. The molecule has 23 nitrogen and oxygen atoms in total. The average Bonchev–Trinajstić information content (AvgIpc) is 1.84. The van der Waals surface area contributed by atoms with Crippen LogP contribution >= 0.6 is 36.0 Å². The molecule has 0 aliphatic carbocycles. The summed E-state index contributed by atoms with van der Waals surface area (Å²) in [4.78, 5) is 105. The Bertz CT molecular complexity index is 4830. The van der Waals surface area contributed by atoms with Crippen LogP contribution in [-0.4, -0.2) is 58.2 Å². The Balaban J connectivity index is 0.000000141. The average molecular weight is 1260 g/mol. The molecule has 0 bridgehead atoms. The first kappa shape index (κ1) is 62.1. The van der Waals surface area contributed by atoms with E-state index < -0.39 is 40.5 Å². The van der Waals surface area contributed by atoms with Gasteiger partial charge in [-0.1, -0.05) is 82.9 Å². The van der Waals surface area contributed by atoms with Gasteiger partial charge in [-0.05, 0) is 168 Å². The fraction of sp³-hybridized carbons (Fsp3) is 0.0794. The number of fused-ring (bicyclic) bond motifs is 4. The predicted octanol–water partition coefficient (Wildman–Crippen LogP) is 14.0. The second-order valence-electron chi connectivity index (χ2n) is 19.0. The summed E-state index contributed by atoms with van der Waals surface area (Å²) in [6.07, 6.45) is -2.66. The zero-order chi connectivity index (χ0) is 63.8. The number of nitro benzene ring substituents is 1. The van der Waals surface area contributed by atoms with E-state index in [4.69, 9.17) is 72.7 Å². The number of carbonyl (C=O) groups excluding carboxylic acids is 5. The van der Waals surface area contributed by atoms with Crippen LogP contribution in [-0.2, 0) is 0 Å². The number of aryl methyl sites for hydroxylation is 3. The Morgan fingerprint density at radius 2 is 0.831 bits per heavy atom. The lowest BCUT2D eigenvalue weighted by atomic mass is 10.1. The minimum atomic E-state index is -0.976. The number of para-hydroxylation sites is 1. The monoisotopic (exact) mass is 1260 g/mol. The first-order valence-corrected chi connectivity index (χ1v) is 27.3. The highest BCUT2D eigenvalue weighted by atomic mass is 35.5. The van der Waals surface area contributed by atoms with Gasteiger partial charge in [0.15, 0.2) is 33.9 Å². The number of Topliss-reactive ketones (excluding diaryl/α,β-unsaturated/α-hetero) is 2. The highest BCUT2D eigenvalue weighted by Gasteiger charge is 2.23. The van der Waals surface area contributed by atoms with E-state index in [2.05, 4.69) is 0 Å². The zero-order valence-electron chi connectivity index (χ0n) is 47.0. The smallest absolute Gasteiger partial charge is 0.429 e. The summed E-state index contributed by atoms with van der Waals surface area (Å²) in [7, 11) is 0. The quantitative estimate of drug-likeness (QED) is 0.0620. The Kier molecular flexibility index (Phi) is 18.8. The van der Waals surface area contributed by atoms with Crippen LogP contribution in [0, 0.1) is 35.7 Å². The van der Waals surface area contributed by atoms with Crippen molar-refractivity contribution in [2.45, 2.75) is 34.6 Å². The molecule has 4 heterocycles. The number of nitrogens with zero attached hydrogens (tertiary/aromatic N) is 5. The van der Waals surface area contributed by atoms with Crippen molar-refractivity contribution in [3.05, 3.63) is 255 Å². The number of halogens is 1. The number of aromatic nitrogens is 4. The van der Waals surface area contributed by atoms with E-state index in [1.54, 1.807) is 103 Å². The molecule has 0 atom stereocenters. The van der Waals surface area contributed by atoms with Gasteiger partial charge in [0.05, 0.1) is 16.5 Å². The van der Waals surface area contributed by atoms with Crippen molar-refractivity contribution in [2.24, 2.45) is 0 Å². The van der Waals surface area contributed by atoms with Crippen LogP contribution in [0.1, 0.15) is 51.3 Å². The largest absolute Gasteiger partial charge is 0.431 e. The maximum atomic E-state index is 12.2. The molecule has 0 saturated heterocycles. The molecule has 0 aliphatic rings. The molecule has 12 rings (SSSR count). The van der Waals surface area contributed by atoms with Crippen LogP contribution in [0.25, 0.3) is 44.4 Å². The highest BCUT2D eigenvalue weighted by Crippen LogP contribution is 2.25. The van der Waals surface area contributed by atoms with Gasteiger partial charge in [0.2, 0.25) is 0 Å². The summed E-state index contributed by atoms with van der Waals surface area (Å²) < 4.78 is 45.3. The molecule has 0 radical (unpaired) electrons. The van der Waals surface area contributed by atoms with Gasteiger partial charge in [0.1, 0.15) is 39.5 Å². The van der Waals surface area contributed by atoms with Crippen molar-refractivity contribution in [1.29, 1.82) is 0 Å². The number of oxazole rings is 4. The van der Waals surface area contributed by atoms with E-state index >= 15 is 0 Å². The van der Waals surface area contributed by atoms with Crippen molar-refractivity contribution < 1.29 is 65.5 Å². The first-order chi connectivity index (χ1) is 42.5. The Morgan fingerprint density at radius 1 is 0.449 bits per heavy atom. The summed E-state index contributed by atoms with van der Waals surface area (Å²) in [6.45, 7) is 8.72. The summed E-state index contributed by atoms with van der Waals surface area (Å²) in [5.74, 6) is -1.31. The van der Waals surface area contributed by atoms with Crippen LogP contribution < -0.4 is 36.2 Å². The normalized spacial score (nSPS) is 10.7. The molecule has 4 aromatic heterocycles. The second-order valence-corrected chi connectivity index (χ2v) is 20.2. The molecule has 0 N–H and O–H groups in total. The van der Waals surface area contributed by atoms with Crippen LogP contribution in [0.15, 0.2) is 208 Å². The number of ketones is 2. The fourth-order valence-electron chi connectivity index (χ4n) is 8.17. The minimum Gasteiger partial charge on any atom is -0.431 e. The standard InChI is InChI=1S/C17H13NO5.C17H13NO3S2.C15H10ClNO4.C14H8N2O6/c1-10-3-6-13(7-4-10)22-16(20)18-14-8-5-12(11(2)19)9-15(14)23-17(18)21;1-10-3-6-13(7-4-10)20-16(22)18-14-8-5-12(11(2)19)9-15(14)21-17(18)23;1-9-2-5-11(6-3-9)20-14(18)17-12-8-10(16)4-7-13(12)21-15(17)19;17-13(21-10-4-2-1-3-5-10)15-11-7-6-9(16(19)20)8-12(11)22-14(15)18/h2*3-9H,1-2H3;2-8H,1H3;1-8H. The number of nitro groups is 1. The van der Waals surface area contributed by atoms with Crippen LogP contribution in [0.2, 0.25) is 5.02 Å². The van der Waals surface area contributed by atoms with Gasteiger partial charge >= 0.3 is 35.5 Å². The second kappa shape index (κ2) is 26.9. The van der Waals surface area contributed by atoms with Gasteiger partial charge in [0, 0.05) is 22.2 Å². The number of ether oxygens (including phenoxy) is 4. The van der Waals surface area contributed by atoms with E-state index in [-0.39, 0.29) is 66.3 Å². The van der Waals surface area contributed by atoms with Crippen molar-refractivity contribution in [3.8, 4) is 23.0 Å². The molecule has 26 heteroatoms.